The van der Waals surface area contributed by atoms with Crippen molar-refractivity contribution < 1.29 is 4.74 Å². The molecule has 3 nitrogen and oxygen atoms in total. The summed E-state index contributed by atoms with van der Waals surface area (Å²) < 4.78 is 5.57. The highest BCUT2D eigenvalue weighted by molar-refractivity contribution is 6.32. The van der Waals surface area contributed by atoms with Gasteiger partial charge in [0.1, 0.15) is 5.82 Å². The van der Waals surface area contributed by atoms with Crippen LogP contribution in [0.15, 0.2) is 12.1 Å². The second-order valence-corrected chi connectivity index (χ2v) is 4.95. The lowest BCUT2D eigenvalue weighted by Crippen LogP contribution is -2.37. The molecule has 0 saturated carbocycles. The first kappa shape index (κ1) is 12.9. The summed E-state index contributed by atoms with van der Waals surface area (Å²) in [5, 5.41) is 0.618. The minimum atomic E-state index is 0.233. The van der Waals surface area contributed by atoms with Crippen LogP contribution in [0, 0.1) is 0 Å². The zero-order valence-corrected chi connectivity index (χ0v) is 11.5. The van der Waals surface area contributed by atoms with E-state index in [4.69, 9.17) is 27.9 Å². The Balaban J connectivity index is 2.21. The molecule has 2 unspecified atom stereocenters. The molecule has 0 aliphatic carbocycles. The maximum atomic E-state index is 6.00. The van der Waals surface area contributed by atoms with E-state index in [1.807, 2.05) is 19.2 Å². The van der Waals surface area contributed by atoms with Gasteiger partial charge in [0.2, 0.25) is 0 Å². The Morgan fingerprint density at radius 3 is 2.88 bits per heavy atom. The van der Waals surface area contributed by atoms with E-state index in [-0.39, 0.29) is 6.10 Å². The zero-order valence-electron chi connectivity index (χ0n) is 9.99. The van der Waals surface area contributed by atoms with Gasteiger partial charge < -0.3 is 9.64 Å². The fourth-order valence-electron chi connectivity index (χ4n) is 2.16. The highest BCUT2D eigenvalue weighted by atomic mass is 35.5. The topological polar surface area (TPSA) is 25.4 Å². The molecule has 0 spiro atoms. The maximum absolute atomic E-state index is 6.00. The second-order valence-electron chi connectivity index (χ2n) is 4.27. The van der Waals surface area contributed by atoms with E-state index in [1.165, 1.54) is 0 Å². The Labute approximate surface area is 112 Å². The average molecular weight is 275 g/mol. The molecule has 94 valence electrons. The van der Waals surface area contributed by atoms with Crippen molar-refractivity contribution >= 4 is 29.0 Å². The maximum Gasteiger partial charge on any atom is 0.129 e. The van der Waals surface area contributed by atoms with E-state index in [9.17, 15) is 0 Å². The molecule has 1 saturated heterocycles. The van der Waals surface area contributed by atoms with Crippen molar-refractivity contribution in [3.8, 4) is 0 Å². The lowest BCUT2D eigenvalue weighted by atomic mass is 10.1. The quantitative estimate of drug-likeness (QED) is 0.793. The number of rotatable bonds is 3. The molecule has 1 aliphatic rings. The van der Waals surface area contributed by atoms with Crippen molar-refractivity contribution in [2.45, 2.75) is 31.4 Å². The van der Waals surface area contributed by atoms with Gasteiger partial charge in [-0.25, -0.2) is 4.98 Å². The van der Waals surface area contributed by atoms with Crippen LogP contribution >= 0.6 is 23.2 Å². The Morgan fingerprint density at radius 1 is 1.53 bits per heavy atom. The Morgan fingerprint density at radius 2 is 2.29 bits per heavy atom. The average Bonchev–Trinajstić information content (AvgIpc) is 2.75. The molecule has 0 bridgehead atoms. The third-order valence-electron chi connectivity index (χ3n) is 3.23. The molecule has 1 fully saturated rings. The molecular formula is C12H16Cl2N2O. The van der Waals surface area contributed by atoms with E-state index in [0.29, 0.717) is 16.9 Å². The van der Waals surface area contributed by atoms with Crippen molar-refractivity contribution in [2.24, 2.45) is 0 Å². The molecule has 2 rings (SSSR count). The number of hydrogen-bond donors (Lipinski definition) is 0. The summed E-state index contributed by atoms with van der Waals surface area (Å²) in [6.45, 7) is 2.90. The Bertz CT molecular complexity index is 400. The van der Waals surface area contributed by atoms with Crippen LogP contribution in [0.1, 0.15) is 19.0 Å². The van der Waals surface area contributed by atoms with Crippen molar-refractivity contribution in [3.05, 3.63) is 22.8 Å². The molecule has 0 aromatic carbocycles. The van der Waals surface area contributed by atoms with E-state index in [2.05, 4.69) is 16.8 Å². The molecule has 0 radical (unpaired) electrons. The van der Waals surface area contributed by atoms with Gasteiger partial charge in [-0.05, 0) is 25.5 Å². The summed E-state index contributed by atoms with van der Waals surface area (Å²) in [6.07, 6.45) is 1.26. The third kappa shape index (κ3) is 2.67. The van der Waals surface area contributed by atoms with Crippen LogP contribution in [0.4, 0.5) is 5.82 Å². The second kappa shape index (κ2) is 5.42. The molecule has 2 atom stereocenters. The van der Waals surface area contributed by atoms with Gasteiger partial charge in [0.25, 0.3) is 0 Å². The van der Waals surface area contributed by atoms with Crippen LogP contribution in [-0.4, -0.2) is 30.8 Å². The highest BCUT2D eigenvalue weighted by Crippen LogP contribution is 2.25. The van der Waals surface area contributed by atoms with Gasteiger partial charge >= 0.3 is 0 Å². The van der Waals surface area contributed by atoms with Crippen molar-refractivity contribution in [3.63, 3.8) is 0 Å². The summed E-state index contributed by atoms with van der Waals surface area (Å²) in [6, 6.07) is 4.13. The molecule has 0 amide bonds. The standard InChI is InChI=1S/C12H16Cl2N2O/c1-8-11(5-6-17-8)16(2)12-4-3-9(14)10(7-13)15-12/h3-4,8,11H,5-7H2,1-2H3. The lowest BCUT2D eigenvalue weighted by molar-refractivity contribution is 0.118. The molecule has 17 heavy (non-hydrogen) atoms. The first-order valence-corrected chi connectivity index (χ1v) is 6.60. The molecule has 5 heteroatoms. The predicted molar refractivity (Wildman–Crippen MR) is 71.0 cm³/mol. The van der Waals surface area contributed by atoms with Gasteiger partial charge in [0.05, 0.1) is 28.7 Å². The normalized spacial score (nSPS) is 24.0. The van der Waals surface area contributed by atoms with Crippen LogP contribution in [-0.2, 0) is 10.6 Å². The number of hydrogen-bond acceptors (Lipinski definition) is 3. The minimum Gasteiger partial charge on any atom is -0.376 e. The van der Waals surface area contributed by atoms with Gasteiger partial charge in [0.15, 0.2) is 0 Å². The number of aromatic nitrogens is 1. The minimum absolute atomic E-state index is 0.233. The van der Waals surface area contributed by atoms with Crippen molar-refractivity contribution in [2.75, 3.05) is 18.6 Å². The Hall–Kier alpha value is -0.510. The van der Waals surface area contributed by atoms with Gasteiger partial charge in [0, 0.05) is 13.7 Å². The number of anilines is 1. The monoisotopic (exact) mass is 274 g/mol. The molecule has 1 aliphatic heterocycles. The van der Waals surface area contributed by atoms with Crippen LogP contribution < -0.4 is 4.90 Å². The number of likely N-dealkylation sites (N-methyl/N-ethyl adjacent to an activating group) is 1. The lowest BCUT2D eigenvalue weighted by Gasteiger charge is -2.28. The third-order valence-corrected chi connectivity index (χ3v) is 3.82. The predicted octanol–water partition coefficient (Wildman–Crippen LogP) is 3.09. The molecule has 2 heterocycles. The van der Waals surface area contributed by atoms with E-state index in [0.717, 1.165) is 24.5 Å². The molecule has 1 aromatic rings. The summed E-state index contributed by atoms with van der Waals surface area (Å²) in [7, 11) is 2.03. The van der Waals surface area contributed by atoms with Crippen molar-refractivity contribution in [1.82, 2.24) is 4.98 Å². The van der Waals surface area contributed by atoms with Crippen LogP contribution in [0.2, 0.25) is 5.02 Å². The van der Waals surface area contributed by atoms with Crippen LogP contribution in [0.5, 0.6) is 0 Å². The number of pyridine rings is 1. The first-order chi connectivity index (χ1) is 8.13. The fourth-order valence-corrected chi connectivity index (χ4v) is 2.61. The summed E-state index contributed by atoms with van der Waals surface area (Å²) in [4.78, 5) is 6.62. The summed E-state index contributed by atoms with van der Waals surface area (Å²) in [5.74, 6) is 1.23. The largest absolute Gasteiger partial charge is 0.376 e. The van der Waals surface area contributed by atoms with Crippen LogP contribution in [0.3, 0.4) is 0 Å². The zero-order chi connectivity index (χ0) is 12.4. The van der Waals surface area contributed by atoms with Crippen molar-refractivity contribution in [1.29, 1.82) is 0 Å². The van der Waals surface area contributed by atoms with Gasteiger partial charge in [-0.2, -0.15) is 0 Å². The van der Waals surface area contributed by atoms with E-state index >= 15 is 0 Å². The molecule has 1 aromatic heterocycles. The number of nitrogens with zero attached hydrogens (tertiary/aromatic N) is 2. The molecule has 0 N–H and O–H groups in total. The number of halogens is 2. The number of ether oxygens (including phenoxy) is 1. The summed E-state index contributed by atoms with van der Waals surface area (Å²) in [5.41, 5.74) is 0.726. The van der Waals surface area contributed by atoms with Crippen LogP contribution in [0.25, 0.3) is 0 Å². The smallest absolute Gasteiger partial charge is 0.129 e. The van der Waals surface area contributed by atoms with E-state index < -0.39 is 0 Å². The van der Waals surface area contributed by atoms with E-state index in [1.54, 1.807) is 0 Å². The van der Waals surface area contributed by atoms with Gasteiger partial charge in [-0.15, -0.1) is 11.6 Å². The van der Waals surface area contributed by atoms with Gasteiger partial charge in [-0.3, -0.25) is 0 Å². The first-order valence-electron chi connectivity index (χ1n) is 5.69. The Kier molecular flexibility index (Phi) is 4.13. The summed E-state index contributed by atoms with van der Waals surface area (Å²) >= 11 is 11.8. The SMILES string of the molecule is CC1OCCC1N(C)c1ccc(Cl)c(CCl)n1. The fraction of sp³-hybridized carbons (Fsp3) is 0.583. The highest BCUT2D eigenvalue weighted by Gasteiger charge is 2.28. The van der Waals surface area contributed by atoms with Gasteiger partial charge in [-0.1, -0.05) is 11.6 Å². The molecular weight excluding hydrogens is 259 g/mol. The number of alkyl halides is 1.